The van der Waals surface area contributed by atoms with Crippen molar-refractivity contribution in [2.24, 2.45) is 0 Å². The van der Waals surface area contributed by atoms with Crippen molar-refractivity contribution in [3.05, 3.63) is 30.3 Å². The van der Waals surface area contributed by atoms with Crippen LogP contribution in [0, 0.1) is 0 Å². The first-order chi connectivity index (χ1) is 4.84. The molecule has 0 radical (unpaired) electrons. The molecule has 1 rings (SSSR count). The van der Waals surface area contributed by atoms with Crippen LogP contribution in [-0.2, 0) is 0 Å². The SMILES string of the molecule is CSB(F)c1ccccc1.O.O. The summed E-state index contributed by atoms with van der Waals surface area (Å²) in [5, 5.41) is 0. The lowest BCUT2D eigenvalue weighted by Gasteiger charge is -1.97. The molecule has 1 aromatic rings. The number of halogens is 1. The zero-order valence-corrected chi connectivity index (χ0v) is 7.57. The maximum atomic E-state index is 12.8. The minimum atomic E-state index is -0.874. The second-order valence-corrected chi connectivity index (χ2v) is 2.85. The van der Waals surface area contributed by atoms with E-state index >= 15 is 0 Å². The molecule has 5 heteroatoms. The summed E-state index contributed by atoms with van der Waals surface area (Å²) in [6.45, 7) is 0. The van der Waals surface area contributed by atoms with E-state index in [1.807, 2.05) is 18.2 Å². The molecule has 0 aliphatic carbocycles. The highest BCUT2D eigenvalue weighted by Crippen LogP contribution is 2.02. The summed E-state index contributed by atoms with van der Waals surface area (Å²) in [5.41, 5.74) is 0.745. The molecule has 4 N–H and O–H groups in total. The van der Waals surface area contributed by atoms with Gasteiger partial charge in [-0.05, 0) is 11.7 Å². The van der Waals surface area contributed by atoms with Gasteiger partial charge in [0.15, 0.2) is 0 Å². The highest BCUT2D eigenvalue weighted by atomic mass is 32.2. The van der Waals surface area contributed by atoms with Crippen LogP contribution in [0.1, 0.15) is 0 Å². The van der Waals surface area contributed by atoms with Crippen LogP contribution >= 0.6 is 11.6 Å². The smallest absolute Gasteiger partial charge is 0.412 e. The average Bonchev–Trinajstić information content (AvgIpc) is 2.05. The molecule has 0 unspecified atom stereocenters. The summed E-state index contributed by atoms with van der Waals surface area (Å²) in [4.78, 5) is 0. The molecule has 0 aliphatic rings. The van der Waals surface area contributed by atoms with Crippen LogP contribution in [0.3, 0.4) is 0 Å². The van der Waals surface area contributed by atoms with E-state index in [-0.39, 0.29) is 11.0 Å². The van der Waals surface area contributed by atoms with Crippen LogP contribution in [0.2, 0.25) is 0 Å². The lowest BCUT2D eigenvalue weighted by atomic mass is 9.90. The fraction of sp³-hybridized carbons (Fsp3) is 0.143. The van der Waals surface area contributed by atoms with E-state index in [0.717, 1.165) is 5.46 Å². The zero-order valence-electron chi connectivity index (χ0n) is 6.75. The van der Waals surface area contributed by atoms with Crippen molar-refractivity contribution in [3.8, 4) is 0 Å². The number of rotatable bonds is 2. The van der Waals surface area contributed by atoms with Gasteiger partial charge in [-0.25, -0.2) is 0 Å². The molecule has 68 valence electrons. The lowest BCUT2D eigenvalue weighted by Crippen LogP contribution is -2.20. The van der Waals surface area contributed by atoms with Crippen molar-refractivity contribution in [1.82, 2.24) is 0 Å². The molecular weight excluding hydrogens is 178 g/mol. The van der Waals surface area contributed by atoms with Crippen molar-refractivity contribution < 1.29 is 15.3 Å². The Morgan fingerprint density at radius 2 is 1.67 bits per heavy atom. The molecule has 12 heavy (non-hydrogen) atoms. The van der Waals surface area contributed by atoms with Gasteiger partial charge in [-0.1, -0.05) is 30.3 Å². The van der Waals surface area contributed by atoms with Crippen LogP contribution in [0.15, 0.2) is 30.3 Å². The summed E-state index contributed by atoms with van der Waals surface area (Å²) in [7, 11) is 0. The predicted molar refractivity (Wildman–Crippen MR) is 53.7 cm³/mol. The van der Waals surface area contributed by atoms with E-state index in [0.29, 0.717) is 0 Å². The van der Waals surface area contributed by atoms with Crippen molar-refractivity contribution in [2.75, 3.05) is 6.26 Å². The molecule has 0 spiro atoms. The fourth-order valence-corrected chi connectivity index (χ4v) is 1.17. The molecule has 0 bridgehead atoms. The van der Waals surface area contributed by atoms with Crippen molar-refractivity contribution >= 4 is 23.3 Å². The Morgan fingerprint density at radius 3 is 2.08 bits per heavy atom. The minimum Gasteiger partial charge on any atom is -0.412 e. The summed E-state index contributed by atoms with van der Waals surface area (Å²) >= 11 is 1.21. The molecule has 0 atom stereocenters. The third-order valence-electron chi connectivity index (χ3n) is 1.27. The van der Waals surface area contributed by atoms with Crippen LogP contribution < -0.4 is 5.46 Å². The van der Waals surface area contributed by atoms with Gasteiger partial charge in [-0.2, -0.15) is 11.6 Å². The summed E-state index contributed by atoms with van der Waals surface area (Å²) in [5.74, 6) is 0. The van der Waals surface area contributed by atoms with Crippen LogP contribution in [0.4, 0.5) is 4.32 Å². The first kappa shape index (κ1) is 14.0. The normalized spacial score (nSPS) is 7.83. The van der Waals surface area contributed by atoms with E-state index < -0.39 is 6.27 Å². The van der Waals surface area contributed by atoms with E-state index in [1.165, 1.54) is 11.6 Å². The first-order valence-corrected chi connectivity index (χ1v) is 4.35. The predicted octanol–water partition coefficient (Wildman–Crippen LogP) is 0.0649. The summed E-state index contributed by atoms with van der Waals surface area (Å²) in [6, 6.07) is 9.16. The quantitative estimate of drug-likeness (QED) is 0.608. The van der Waals surface area contributed by atoms with Crippen molar-refractivity contribution in [3.63, 3.8) is 0 Å². The summed E-state index contributed by atoms with van der Waals surface area (Å²) < 4.78 is 12.8. The van der Waals surface area contributed by atoms with Crippen molar-refractivity contribution in [2.45, 2.75) is 0 Å². The van der Waals surface area contributed by atoms with Gasteiger partial charge in [0.1, 0.15) is 0 Å². The molecule has 0 aromatic heterocycles. The standard InChI is InChI=1S/C7H8BFS.2H2O/c1-10-8(9)7-5-3-2-4-6-7;;/h2-6H,1H3;2*1H2. The lowest BCUT2D eigenvalue weighted by molar-refractivity contribution is 0.823. The van der Waals surface area contributed by atoms with Gasteiger partial charge in [0.25, 0.3) is 0 Å². The van der Waals surface area contributed by atoms with Crippen LogP contribution in [0.5, 0.6) is 0 Å². The number of benzene rings is 1. The molecular formula is C7H12BFO2S. The van der Waals surface area contributed by atoms with Gasteiger partial charge in [-0.15, -0.1) is 0 Å². The third-order valence-corrected chi connectivity index (χ3v) is 1.95. The average molecular weight is 190 g/mol. The van der Waals surface area contributed by atoms with Gasteiger partial charge in [-0.3, -0.25) is 0 Å². The highest BCUT2D eigenvalue weighted by molar-refractivity contribution is 8.25. The number of hydrogen-bond acceptors (Lipinski definition) is 1. The second-order valence-electron chi connectivity index (χ2n) is 1.96. The maximum Gasteiger partial charge on any atom is 0.445 e. The Kier molecular flexibility index (Phi) is 8.36. The Balaban J connectivity index is 0. The monoisotopic (exact) mass is 190 g/mol. The van der Waals surface area contributed by atoms with Crippen LogP contribution in [0.25, 0.3) is 0 Å². The third kappa shape index (κ3) is 3.76. The van der Waals surface area contributed by atoms with Gasteiger partial charge >= 0.3 is 6.27 Å². The molecule has 0 fully saturated rings. The van der Waals surface area contributed by atoms with Crippen molar-refractivity contribution in [1.29, 1.82) is 0 Å². The molecule has 0 amide bonds. The van der Waals surface area contributed by atoms with Gasteiger partial charge in [0.2, 0.25) is 0 Å². The van der Waals surface area contributed by atoms with Gasteiger partial charge in [0.05, 0.1) is 0 Å². The molecule has 0 saturated carbocycles. The maximum absolute atomic E-state index is 12.8. The first-order valence-electron chi connectivity index (χ1n) is 3.06. The largest absolute Gasteiger partial charge is 0.445 e. The minimum absolute atomic E-state index is 0. The van der Waals surface area contributed by atoms with E-state index in [9.17, 15) is 4.32 Å². The highest BCUT2D eigenvalue weighted by Gasteiger charge is 2.12. The Labute approximate surface area is 75.8 Å². The van der Waals surface area contributed by atoms with E-state index in [1.54, 1.807) is 18.4 Å². The van der Waals surface area contributed by atoms with E-state index in [4.69, 9.17) is 0 Å². The fourth-order valence-electron chi connectivity index (χ4n) is 0.740. The zero-order chi connectivity index (χ0) is 7.40. The Bertz CT molecular complexity index is 198. The molecule has 2 nitrogen and oxygen atoms in total. The topological polar surface area (TPSA) is 63.0 Å². The molecule has 0 heterocycles. The van der Waals surface area contributed by atoms with Gasteiger partial charge < -0.3 is 15.3 Å². The second kappa shape index (κ2) is 7.15. The summed E-state index contributed by atoms with van der Waals surface area (Å²) in [6.07, 6.45) is 0.888. The Hall–Kier alpha value is -0.515. The molecule has 0 saturated heterocycles. The Morgan fingerprint density at radius 1 is 1.17 bits per heavy atom. The molecule has 1 aromatic carbocycles. The van der Waals surface area contributed by atoms with E-state index in [2.05, 4.69) is 0 Å². The number of hydrogen-bond donors (Lipinski definition) is 0. The van der Waals surface area contributed by atoms with Crippen LogP contribution in [-0.4, -0.2) is 23.5 Å². The van der Waals surface area contributed by atoms with Gasteiger partial charge in [0, 0.05) is 0 Å². The molecule has 0 aliphatic heterocycles.